The Bertz CT molecular complexity index is 1330. The van der Waals surface area contributed by atoms with Crippen LogP contribution in [0.5, 0.6) is 0 Å². The Kier molecular flexibility index (Phi) is 5.74. The molecule has 3 atom stereocenters. The van der Waals surface area contributed by atoms with Gasteiger partial charge in [-0.2, -0.15) is 17.9 Å². The Labute approximate surface area is 202 Å². The minimum atomic E-state index is -4.84. The van der Waals surface area contributed by atoms with E-state index in [9.17, 15) is 27.9 Å². The first-order valence-electron chi connectivity index (χ1n) is 11.2. The predicted molar refractivity (Wildman–Crippen MR) is 120 cm³/mol. The highest BCUT2D eigenvalue weighted by Crippen LogP contribution is 2.43. The van der Waals surface area contributed by atoms with E-state index in [-0.39, 0.29) is 28.8 Å². The summed E-state index contributed by atoms with van der Waals surface area (Å²) in [5, 5.41) is 13.5. The van der Waals surface area contributed by atoms with Crippen molar-refractivity contribution in [2.45, 2.75) is 50.4 Å². The van der Waals surface area contributed by atoms with Crippen LogP contribution in [0, 0.1) is 11.7 Å². The first-order valence-corrected chi connectivity index (χ1v) is 11.5. The number of piperidine rings is 2. The summed E-state index contributed by atoms with van der Waals surface area (Å²) < 4.78 is 56.9. The molecule has 184 valence electrons. The molecule has 2 bridgehead atoms. The number of aliphatic carboxylic acids is 1. The summed E-state index contributed by atoms with van der Waals surface area (Å²) in [7, 11) is 0. The van der Waals surface area contributed by atoms with Crippen molar-refractivity contribution in [1.82, 2.24) is 9.78 Å². The molecule has 6 nitrogen and oxygen atoms in total. The van der Waals surface area contributed by atoms with Crippen LogP contribution in [-0.2, 0) is 11.0 Å². The van der Waals surface area contributed by atoms with Gasteiger partial charge in [0.1, 0.15) is 5.82 Å². The zero-order valence-corrected chi connectivity index (χ0v) is 19.0. The molecule has 1 aromatic heterocycles. The van der Waals surface area contributed by atoms with E-state index in [2.05, 4.69) is 5.10 Å². The van der Waals surface area contributed by atoms with Crippen LogP contribution in [-0.4, -0.2) is 38.8 Å². The highest BCUT2D eigenvalue weighted by molar-refractivity contribution is 6.34. The fourth-order valence-corrected chi connectivity index (χ4v) is 5.71. The molecule has 1 N–H and O–H groups in total. The van der Waals surface area contributed by atoms with Crippen molar-refractivity contribution in [2.75, 3.05) is 4.90 Å². The van der Waals surface area contributed by atoms with E-state index >= 15 is 4.39 Å². The fourth-order valence-electron chi connectivity index (χ4n) is 5.46. The van der Waals surface area contributed by atoms with Crippen LogP contribution in [0.4, 0.5) is 23.4 Å². The standard InChI is InChI=1S/C24H20ClF4N3O3/c25-16-7-2-6-15(24(27,28)29)19(16)22(33)32-18-9-3-8-17(26)20(18)21(30-32)31-13-4-1-5-14(31)11-12(10-13)23(34)35/h2-3,6-9,12-14H,1,4-5,10-11H2,(H,34,35)/t12?,13-,14?/m1/s1. The summed E-state index contributed by atoms with van der Waals surface area (Å²) in [6, 6.07) is 6.51. The van der Waals surface area contributed by atoms with Crippen LogP contribution >= 0.6 is 11.6 Å². The van der Waals surface area contributed by atoms with Gasteiger partial charge in [-0.15, -0.1) is 5.10 Å². The van der Waals surface area contributed by atoms with E-state index in [0.717, 1.165) is 23.2 Å². The van der Waals surface area contributed by atoms with E-state index in [1.165, 1.54) is 24.3 Å². The molecule has 0 aliphatic carbocycles. The summed E-state index contributed by atoms with van der Waals surface area (Å²) in [6.07, 6.45) is -1.97. The maximum atomic E-state index is 15.1. The van der Waals surface area contributed by atoms with Crippen molar-refractivity contribution in [3.63, 3.8) is 0 Å². The molecule has 3 aromatic rings. The third kappa shape index (κ3) is 3.93. The summed E-state index contributed by atoms with van der Waals surface area (Å²) in [5.41, 5.74) is -1.97. The maximum Gasteiger partial charge on any atom is 0.417 e. The average Bonchev–Trinajstić information content (AvgIpc) is 3.17. The van der Waals surface area contributed by atoms with Crippen LogP contribution in [0.15, 0.2) is 36.4 Å². The van der Waals surface area contributed by atoms with E-state index < -0.39 is 45.9 Å². The third-order valence-electron chi connectivity index (χ3n) is 6.93. The van der Waals surface area contributed by atoms with Crippen LogP contribution in [0.25, 0.3) is 10.9 Å². The van der Waals surface area contributed by atoms with E-state index in [1.54, 1.807) is 0 Å². The first kappa shape index (κ1) is 23.6. The molecule has 2 aromatic carbocycles. The quantitative estimate of drug-likeness (QED) is 0.454. The van der Waals surface area contributed by atoms with Gasteiger partial charge in [-0.3, -0.25) is 9.59 Å². The van der Waals surface area contributed by atoms with Crippen molar-refractivity contribution in [3.05, 3.63) is 58.4 Å². The number of carboxylic acids is 1. The molecule has 2 saturated heterocycles. The van der Waals surface area contributed by atoms with Crippen molar-refractivity contribution >= 4 is 40.2 Å². The summed E-state index contributed by atoms with van der Waals surface area (Å²) in [4.78, 5) is 26.9. The molecule has 0 amide bonds. The van der Waals surface area contributed by atoms with E-state index in [0.29, 0.717) is 25.7 Å². The Hall–Kier alpha value is -3.14. The van der Waals surface area contributed by atoms with Gasteiger partial charge in [-0.25, -0.2) is 4.39 Å². The zero-order chi connectivity index (χ0) is 25.1. The predicted octanol–water partition coefficient (Wildman–Crippen LogP) is 5.76. The lowest BCUT2D eigenvalue weighted by Crippen LogP contribution is -2.53. The molecule has 2 fully saturated rings. The molecular formula is C24H20ClF4N3O3. The third-order valence-corrected chi connectivity index (χ3v) is 7.25. The van der Waals surface area contributed by atoms with Crippen molar-refractivity contribution in [1.29, 1.82) is 0 Å². The lowest BCUT2D eigenvalue weighted by atomic mass is 9.78. The lowest BCUT2D eigenvalue weighted by molar-refractivity contribution is -0.143. The lowest BCUT2D eigenvalue weighted by Gasteiger charge is -2.48. The van der Waals surface area contributed by atoms with E-state index in [4.69, 9.17) is 11.6 Å². The number of fused-ring (bicyclic) bond motifs is 3. The van der Waals surface area contributed by atoms with Gasteiger partial charge in [0.2, 0.25) is 0 Å². The van der Waals surface area contributed by atoms with Gasteiger partial charge in [-0.1, -0.05) is 23.7 Å². The number of benzene rings is 2. The largest absolute Gasteiger partial charge is 0.481 e. The zero-order valence-electron chi connectivity index (χ0n) is 18.2. The molecule has 0 spiro atoms. The number of carbonyl (C=O) groups excluding carboxylic acids is 1. The van der Waals surface area contributed by atoms with Crippen molar-refractivity contribution < 1.29 is 32.3 Å². The number of anilines is 1. The summed E-state index contributed by atoms with van der Waals surface area (Å²) >= 11 is 6.04. The topological polar surface area (TPSA) is 75.4 Å². The summed E-state index contributed by atoms with van der Waals surface area (Å²) in [5.74, 6) is -3.11. The molecule has 2 aliphatic heterocycles. The first-order chi connectivity index (χ1) is 16.6. The molecule has 2 aliphatic rings. The highest BCUT2D eigenvalue weighted by Gasteiger charge is 2.43. The molecule has 11 heteroatoms. The minimum absolute atomic E-state index is 0.00661. The molecule has 5 rings (SSSR count). The maximum absolute atomic E-state index is 15.1. The van der Waals surface area contributed by atoms with Gasteiger partial charge < -0.3 is 10.0 Å². The number of rotatable bonds is 3. The number of nitrogens with zero attached hydrogens (tertiary/aromatic N) is 3. The Morgan fingerprint density at radius 2 is 1.71 bits per heavy atom. The second-order valence-electron chi connectivity index (χ2n) is 8.99. The van der Waals surface area contributed by atoms with Crippen LogP contribution in [0.3, 0.4) is 0 Å². The smallest absolute Gasteiger partial charge is 0.417 e. The molecule has 0 radical (unpaired) electrons. The monoisotopic (exact) mass is 509 g/mol. The van der Waals surface area contributed by atoms with Gasteiger partial charge in [0.15, 0.2) is 5.82 Å². The van der Waals surface area contributed by atoms with Gasteiger partial charge in [0, 0.05) is 12.1 Å². The van der Waals surface area contributed by atoms with Crippen molar-refractivity contribution in [2.24, 2.45) is 5.92 Å². The van der Waals surface area contributed by atoms with E-state index in [1.807, 2.05) is 4.90 Å². The molecule has 0 saturated carbocycles. The Balaban J connectivity index is 1.67. The van der Waals surface area contributed by atoms with Crippen LogP contribution in [0.2, 0.25) is 5.02 Å². The highest BCUT2D eigenvalue weighted by atomic mass is 35.5. The number of carbonyl (C=O) groups is 2. The Morgan fingerprint density at radius 3 is 2.34 bits per heavy atom. The minimum Gasteiger partial charge on any atom is -0.481 e. The number of halogens is 5. The SMILES string of the molecule is O=C(O)C1CC2CCC[C@H](C1)N2c1nn(C(=O)c2c(Cl)cccc2C(F)(F)F)c2cccc(F)c12. The molecule has 2 unspecified atom stereocenters. The van der Waals surface area contributed by atoms with Gasteiger partial charge in [0.05, 0.1) is 33.0 Å². The van der Waals surface area contributed by atoms with Gasteiger partial charge in [0.25, 0.3) is 5.91 Å². The van der Waals surface area contributed by atoms with Gasteiger partial charge >= 0.3 is 12.1 Å². The second kappa shape index (κ2) is 8.51. The fraction of sp³-hybridized carbons (Fsp3) is 0.375. The van der Waals surface area contributed by atoms with Gasteiger partial charge in [-0.05, 0) is 56.4 Å². The number of hydrogen-bond acceptors (Lipinski definition) is 4. The normalized spacial score (nSPS) is 22.4. The van der Waals surface area contributed by atoms with Crippen LogP contribution < -0.4 is 4.90 Å². The average molecular weight is 510 g/mol. The number of carboxylic acid groups (broad SMARTS) is 1. The number of aromatic nitrogens is 2. The molecule has 35 heavy (non-hydrogen) atoms. The molecule has 3 heterocycles. The Morgan fingerprint density at radius 1 is 1.06 bits per heavy atom. The summed E-state index contributed by atoms with van der Waals surface area (Å²) in [6.45, 7) is 0. The number of hydrogen-bond donors (Lipinski definition) is 1. The van der Waals surface area contributed by atoms with Crippen molar-refractivity contribution in [3.8, 4) is 0 Å². The van der Waals surface area contributed by atoms with Crippen LogP contribution in [0.1, 0.15) is 48.0 Å². The molecular weight excluding hydrogens is 490 g/mol. The number of alkyl halides is 3. The second-order valence-corrected chi connectivity index (χ2v) is 9.39.